The number of ether oxygens (including phenoxy) is 1. The van der Waals surface area contributed by atoms with Crippen molar-refractivity contribution in [2.75, 3.05) is 13.7 Å². The number of methoxy groups -OCH3 is 1. The van der Waals surface area contributed by atoms with Gasteiger partial charge >= 0.3 is 0 Å². The molecule has 1 fully saturated rings. The Labute approximate surface area is 120 Å². The van der Waals surface area contributed by atoms with Crippen molar-refractivity contribution in [1.82, 2.24) is 5.32 Å². The fourth-order valence-corrected chi connectivity index (χ4v) is 2.87. The number of aliphatic hydroxyl groups is 1. The van der Waals surface area contributed by atoms with Crippen molar-refractivity contribution >= 4 is 5.91 Å². The molecule has 0 saturated heterocycles. The van der Waals surface area contributed by atoms with Gasteiger partial charge in [0.1, 0.15) is 5.75 Å². The van der Waals surface area contributed by atoms with Crippen LogP contribution >= 0.6 is 0 Å². The fraction of sp³-hybridized carbons (Fsp3) is 0.562. The third-order valence-corrected chi connectivity index (χ3v) is 4.06. The Bertz CT molecular complexity index is 447. The van der Waals surface area contributed by atoms with Crippen molar-refractivity contribution in [2.24, 2.45) is 5.92 Å². The first-order chi connectivity index (χ1) is 9.76. The van der Waals surface area contributed by atoms with Crippen LogP contribution in [0.25, 0.3) is 0 Å². The average Bonchev–Trinajstić information content (AvgIpc) is 2.72. The molecule has 4 nitrogen and oxygen atoms in total. The highest BCUT2D eigenvalue weighted by Gasteiger charge is 2.25. The maximum atomic E-state index is 12.4. The van der Waals surface area contributed by atoms with E-state index in [1.807, 2.05) is 12.1 Å². The number of hydrogen-bond acceptors (Lipinski definition) is 3. The van der Waals surface area contributed by atoms with Crippen molar-refractivity contribution in [3.05, 3.63) is 29.8 Å². The first kappa shape index (κ1) is 14.9. The number of carbonyl (C=O) groups excluding carboxylic acids is 1. The van der Waals surface area contributed by atoms with Crippen molar-refractivity contribution in [3.63, 3.8) is 0 Å². The highest BCUT2D eigenvalue weighted by Crippen LogP contribution is 2.24. The molecular formula is C16H23NO3. The topological polar surface area (TPSA) is 58.6 Å². The monoisotopic (exact) mass is 277 g/mol. The van der Waals surface area contributed by atoms with E-state index < -0.39 is 0 Å². The summed E-state index contributed by atoms with van der Waals surface area (Å²) in [6, 6.07) is 7.27. The number of aliphatic hydroxyl groups excluding tert-OH is 1. The third-order valence-electron chi connectivity index (χ3n) is 4.06. The van der Waals surface area contributed by atoms with E-state index in [9.17, 15) is 9.90 Å². The summed E-state index contributed by atoms with van der Waals surface area (Å²) in [6.45, 7) is 0.136. The lowest BCUT2D eigenvalue weighted by Crippen LogP contribution is -2.41. The van der Waals surface area contributed by atoms with Gasteiger partial charge in [-0.1, -0.05) is 31.4 Å². The number of carbonyl (C=O) groups is 1. The van der Waals surface area contributed by atoms with Gasteiger partial charge in [-0.2, -0.15) is 0 Å². The van der Waals surface area contributed by atoms with E-state index in [-0.39, 0.29) is 24.5 Å². The van der Waals surface area contributed by atoms with Gasteiger partial charge in [0, 0.05) is 18.6 Å². The second-order valence-corrected chi connectivity index (χ2v) is 5.36. The molecule has 0 spiro atoms. The lowest BCUT2D eigenvalue weighted by atomic mass is 9.95. The predicted octanol–water partition coefficient (Wildman–Crippen LogP) is 2.37. The Morgan fingerprint density at radius 2 is 2.05 bits per heavy atom. The quantitative estimate of drug-likeness (QED) is 0.831. The predicted molar refractivity (Wildman–Crippen MR) is 77.9 cm³/mol. The maximum Gasteiger partial charge on any atom is 0.255 e. The van der Waals surface area contributed by atoms with E-state index >= 15 is 0 Å². The SMILES string of the molecule is COc1ccccc1C(=O)NC1CCCCCC1CO. The van der Waals surface area contributed by atoms with Crippen molar-refractivity contribution in [1.29, 1.82) is 0 Å². The van der Waals surface area contributed by atoms with Crippen LogP contribution in [0.4, 0.5) is 0 Å². The van der Waals surface area contributed by atoms with Crippen LogP contribution in [-0.4, -0.2) is 30.8 Å². The van der Waals surface area contributed by atoms with E-state index in [4.69, 9.17) is 4.74 Å². The summed E-state index contributed by atoms with van der Waals surface area (Å²) >= 11 is 0. The molecule has 2 atom stereocenters. The molecule has 0 aromatic heterocycles. The summed E-state index contributed by atoms with van der Waals surface area (Å²) in [5, 5.41) is 12.6. The number of nitrogens with one attached hydrogen (secondary N) is 1. The van der Waals surface area contributed by atoms with Crippen LogP contribution < -0.4 is 10.1 Å². The molecular weight excluding hydrogens is 254 g/mol. The molecule has 0 bridgehead atoms. The fourth-order valence-electron chi connectivity index (χ4n) is 2.87. The molecule has 0 heterocycles. The van der Waals surface area contributed by atoms with E-state index in [0.29, 0.717) is 11.3 Å². The molecule has 1 aliphatic carbocycles. The van der Waals surface area contributed by atoms with Crippen LogP contribution in [0.15, 0.2) is 24.3 Å². The van der Waals surface area contributed by atoms with Gasteiger partial charge in [-0.3, -0.25) is 4.79 Å². The number of rotatable bonds is 4. The van der Waals surface area contributed by atoms with Gasteiger partial charge in [0.25, 0.3) is 5.91 Å². The van der Waals surface area contributed by atoms with Crippen molar-refractivity contribution in [3.8, 4) is 5.75 Å². The summed E-state index contributed by atoms with van der Waals surface area (Å²) in [7, 11) is 1.56. The second kappa shape index (κ2) is 7.29. The first-order valence-electron chi connectivity index (χ1n) is 7.31. The molecule has 1 saturated carbocycles. The standard InChI is InChI=1S/C16H23NO3/c1-20-15-10-6-5-8-13(15)16(19)17-14-9-4-2-3-7-12(14)11-18/h5-6,8,10,12,14,18H,2-4,7,9,11H2,1H3,(H,17,19). The van der Waals surface area contributed by atoms with E-state index in [2.05, 4.69) is 5.32 Å². The zero-order valence-corrected chi connectivity index (χ0v) is 12.0. The number of benzene rings is 1. The molecule has 0 aliphatic heterocycles. The molecule has 4 heteroatoms. The highest BCUT2D eigenvalue weighted by molar-refractivity contribution is 5.97. The molecule has 110 valence electrons. The molecule has 2 rings (SSSR count). The second-order valence-electron chi connectivity index (χ2n) is 5.36. The molecule has 1 aliphatic rings. The molecule has 1 aromatic rings. The Morgan fingerprint density at radius 1 is 1.30 bits per heavy atom. The van der Waals surface area contributed by atoms with Gasteiger partial charge in [-0.25, -0.2) is 0 Å². The van der Waals surface area contributed by atoms with Crippen LogP contribution in [-0.2, 0) is 0 Å². The highest BCUT2D eigenvalue weighted by atomic mass is 16.5. The van der Waals surface area contributed by atoms with Crippen LogP contribution in [0.5, 0.6) is 5.75 Å². The van der Waals surface area contributed by atoms with Gasteiger partial charge in [0.05, 0.1) is 12.7 Å². The molecule has 2 unspecified atom stereocenters. The summed E-state index contributed by atoms with van der Waals surface area (Å²) in [4.78, 5) is 12.4. The lowest BCUT2D eigenvalue weighted by Gasteiger charge is -2.24. The largest absolute Gasteiger partial charge is 0.496 e. The number of hydrogen-bond donors (Lipinski definition) is 2. The van der Waals surface area contributed by atoms with Crippen molar-refractivity contribution in [2.45, 2.75) is 38.1 Å². The van der Waals surface area contributed by atoms with Gasteiger partial charge < -0.3 is 15.2 Å². The van der Waals surface area contributed by atoms with Gasteiger partial charge in [-0.15, -0.1) is 0 Å². The van der Waals surface area contributed by atoms with Crippen LogP contribution in [0, 0.1) is 5.92 Å². The van der Waals surface area contributed by atoms with E-state index in [0.717, 1.165) is 25.7 Å². The Balaban J connectivity index is 2.09. The Kier molecular flexibility index (Phi) is 5.41. The lowest BCUT2D eigenvalue weighted by molar-refractivity contribution is 0.0896. The maximum absolute atomic E-state index is 12.4. The van der Waals surface area contributed by atoms with Gasteiger partial charge in [0.15, 0.2) is 0 Å². The summed E-state index contributed by atoms with van der Waals surface area (Å²) in [5.41, 5.74) is 0.552. The summed E-state index contributed by atoms with van der Waals surface area (Å²) in [6.07, 6.45) is 5.33. The zero-order chi connectivity index (χ0) is 14.4. The van der Waals surface area contributed by atoms with Crippen molar-refractivity contribution < 1.29 is 14.6 Å². The van der Waals surface area contributed by atoms with E-state index in [1.54, 1.807) is 19.2 Å². The zero-order valence-electron chi connectivity index (χ0n) is 12.0. The third kappa shape index (κ3) is 3.51. The van der Waals surface area contributed by atoms with Crippen LogP contribution in [0.2, 0.25) is 0 Å². The minimum atomic E-state index is -0.118. The summed E-state index contributed by atoms with van der Waals surface area (Å²) < 4.78 is 5.22. The van der Waals surface area contributed by atoms with Gasteiger partial charge in [0.2, 0.25) is 0 Å². The molecule has 1 aromatic carbocycles. The van der Waals surface area contributed by atoms with E-state index in [1.165, 1.54) is 6.42 Å². The number of amides is 1. The minimum absolute atomic E-state index is 0.0555. The Morgan fingerprint density at radius 3 is 2.80 bits per heavy atom. The average molecular weight is 277 g/mol. The molecule has 20 heavy (non-hydrogen) atoms. The van der Waals surface area contributed by atoms with Crippen LogP contribution in [0.3, 0.4) is 0 Å². The molecule has 1 amide bonds. The van der Waals surface area contributed by atoms with Gasteiger partial charge in [-0.05, 0) is 25.0 Å². The normalized spacial score (nSPS) is 22.9. The first-order valence-corrected chi connectivity index (χ1v) is 7.31. The summed E-state index contributed by atoms with van der Waals surface area (Å²) in [5.74, 6) is 0.628. The van der Waals surface area contributed by atoms with Crippen LogP contribution in [0.1, 0.15) is 42.5 Å². The minimum Gasteiger partial charge on any atom is -0.496 e. The Hall–Kier alpha value is -1.55. The number of para-hydroxylation sites is 1. The molecule has 2 N–H and O–H groups in total. The molecule has 0 radical (unpaired) electrons. The smallest absolute Gasteiger partial charge is 0.255 e.